The largest absolute Gasteiger partial charge is 0.435 e. The molecule has 0 saturated carbocycles. The molecule has 114 valence electrons. The van der Waals surface area contributed by atoms with E-state index in [0.717, 1.165) is 12.0 Å². The van der Waals surface area contributed by atoms with Crippen LogP contribution in [0.1, 0.15) is 31.9 Å². The lowest BCUT2D eigenvalue weighted by atomic mass is 10.1. The van der Waals surface area contributed by atoms with Crippen molar-refractivity contribution in [2.24, 2.45) is 0 Å². The molecule has 1 N–H and O–H groups in total. The standard InChI is InChI=1S/C14H21F2NO2S/c1-10(7-8-20(3)18)17-11(2)12-5-4-6-13(9-12)19-14(15)16/h4-6,9-11,14,17H,7-8H2,1-3H3. The third-order valence-corrected chi connectivity index (χ3v) is 3.77. The molecule has 3 nitrogen and oxygen atoms in total. The van der Waals surface area contributed by atoms with E-state index in [0.29, 0.717) is 5.75 Å². The number of ether oxygens (including phenoxy) is 1. The predicted octanol–water partition coefficient (Wildman–Crippen LogP) is 3.10. The van der Waals surface area contributed by atoms with Gasteiger partial charge in [0.05, 0.1) is 0 Å². The van der Waals surface area contributed by atoms with Gasteiger partial charge < -0.3 is 10.1 Å². The third kappa shape index (κ3) is 6.43. The first kappa shape index (κ1) is 17.0. The van der Waals surface area contributed by atoms with Crippen LogP contribution in [-0.2, 0) is 10.8 Å². The highest BCUT2D eigenvalue weighted by Gasteiger charge is 2.12. The first-order valence-corrected chi connectivity index (χ1v) is 8.22. The van der Waals surface area contributed by atoms with E-state index in [1.807, 2.05) is 19.9 Å². The van der Waals surface area contributed by atoms with Crippen LogP contribution in [0.15, 0.2) is 24.3 Å². The summed E-state index contributed by atoms with van der Waals surface area (Å²) in [6.45, 7) is 1.16. The van der Waals surface area contributed by atoms with Crippen LogP contribution in [0.3, 0.4) is 0 Å². The summed E-state index contributed by atoms with van der Waals surface area (Å²) < 4.78 is 39.8. The Kier molecular flexibility index (Phi) is 7.09. The molecule has 0 aliphatic carbocycles. The molecule has 6 heteroatoms. The van der Waals surface area contributed by atoms with Gasteiger partial charge in [0.15, 0.2) is 0 Å². The van der Waals surface area contributed by atoms with Crippen molar-refractivity contribution in [1.29, 1.82) is 0 Å². The molecular formula is C14H21F2NO2S. The number of nitrogens with one attached hydrogen (secondary N) is 1. The summed E-state index contributed by atoms with van der Waals surface area (Å²) in [6.07, 6.45) is 2.49. The first-order chi connectivity index (χ1) is 9.38. The van der Waals surface area contributed by atoms with E-state index in [4.69, 9.17) is 0 Å². The lowest BCUT2D eigenvalue weighted by molar-refractivity contribution is -0.0499. The van der Waals surface area contributed by atoms with Gasteiger partial charge in [0.25, 0.3) is 0 Å². The molecule has 20 heavy (non-hydrogen) atoms. The first-order valence-electron chi connectivity index (χ1n) is 6.49. The average Bonchev–Trinajstić information content (AvgIpc) is 2.36. The lowest BCUT2D eigenvalue weighted by Gasteiger charge is -2.20. The molecule has 0 amide bonds. The van der Waals surface area contributed by atoms with Crippen LogP contribution >= 0.6 is 0 Å². The number of halogens is 2. The summed E-state index contributed by atoms with van der Waals surface area (Å²) in [4.78, 5) is 0. The maximum atomic E-state index is 12.2. The normalized spacial score (nSPS) is 15.9. The van der Waals surface area contributed by atoms with Gasteiger partial charge in [0.2, 0.25) is 0 Å². The molecule has 0 heterocycles. The minimum Gasteiger partial charge on any atom is -0.435 e. The van der Waals surface area contributed by atoms with Gasteiger partial charge in [0.1, 0.15) is 5.75 Å². The van der Waals surface area contributed by atoms with Crippen LogP contribution in [0, 0.1) is 0 Å². The van der Waals surface area contributed by atoms with Crippen LogP contribution in [-0.4, -0.2) is 28.9 Å². The fraction of sp³-hybridized carbons (Fsp3) is 0.571. The van der Waals surface area contributed by atoms with Crippen LogP contribution < -0.4 is 10.1 Å². The van der Waals surface area contributed by atoms with Gasteiger partial charge in [-0.2, -0.15) is 8.78 Å². The number of hydrogen-bond donors (Lipinski definition) is 1. The van der Waals surface area contributed by atoms with Crippen molar-refractivity contribution in [3.8, 4) is 5.75 Å². The molecule has 0 spiro atoms. The van der Waals surface area contributed by atoms with Crippen LogP contribution in [0.4, 0.5) is 8.78 Å². The second kappa shape index (κ2) is 8.32. The molecule has 0 aliphatic heterocycles. The Morgan fingerprint density at radius 3 is 2.65 bits per heavy atom. The van der Waals surface area contributed by atoms with Crippen molar-refractivity contribution < 1.29 is 17.7 Å². The zero-order valence-electron chi connectivity index (χ0n) is 11.9. The molecule has 0 fully saturated rings. The highest BCUT2D eigenvalue weighted by molar-refractivity contribution is 7.84. The molecular weight excluding hydrogens is 284 g/mol. The van der Waals surface area contributed by atoms with E-state index in [1.54, 1.807) is 18.4 Å². The smallest absolute Gasteiger partial charge is 0.387 e. The topological polar surface area (TPSA) is 38.3 Å². The van der Waals surface area contributed by atoms with Crippen molar-refractivity contribution >= 4 is 10.8 Å². The second-order valence-electron chi connectivity index (χ2n) is 4.81. The molecule has 3 unspecified atom stereocenters. The van der Waals surface area contributed by atoms with E-state index in [1.165, 1.54) is 6.07 Å². The van der Waals surface area contributed by atoms with Gasteiger partial charge in [0, 0.05) is 34.9 Å². The Labute approximate surface area is 121 Å². The highest BCUT2D eigenvalue weighted by Crippen LogP contribution is 2.21. The van der Waals surface area contributed by atoms with Gasteiger partial charge in [-0.05, 0) is 38.0 Å². The monoisotopic (exact) mass is 305 g/mol. The lowest BCUT2D eigenvalue weighted by Crippen LogP contribution is -2.30. The van der Waals surface area contributed by atoms with E-state index in [2.05, 4.69) is 10.1 Å². The zero-order valence-corrected chi connectivity index (χ0v) is 12.8. The zero-order chi connectivity index (χ0) is 15.1. The summed E-state index contributed by atoms with van der Waals surface area (Å²) in [5.74, 6) is 0.809. The quantitative estimate of drug-likeness (QED) is 0.802. The van der Waals surface area contributed by atoms with E-state index < -0.39 is 17.4 Å². The molecule has 1 aromatic carbocycles. The average molecular weight is 305 g/mol. The van der Waals surface area contributed by atoms with E-state index in [9.17, 15) is 13.0 Å². The molecule has 0 radical (unpaired) electrons. The van der Waals surface area contributed by atoms with Crippen molar-refractivity contribution in [1.82, 2.24) is 5.32 Å². The molecule has 0 aromatic heterocycles. The molecule has 0 saturated heterocycles. The van der Waals surface area contributed by atoms with Crippen LogP contribution in [0.5, 0.6) is 5.75 Å². The maximum Gasteiger partial charge on any atom is 0.387 e. The van der Waals surface area contributed by atoms with Gasteiger partial charge in [-0.15, -0.1) is 0 Å². The fourth-order valence-corrected chi connectivity index (χ4v) is 2.59. The summed E-state index contributed by atoms with van der Waals surface area (Å²) in [7, 11) is -0.799. The van der Waals surface area contributed by atoms with Gasteiger partial charge in [-0.3, -0.25) is 4.21 Å². The number of alkyl halides is 2. The van der Waals surface area contributed by atoms with Crippen molar-refractivity contribution in [2.75, 3.05) is 12.0 Å². The summed E-state index contributed by atoms with van der Waals surface area (Å²) in [6, 6.07) is 6.88. The highest BCUT2D eigenvalue weighted by atomic mass is 32.2. The van der Waals surface area contributed by atoms with E-state index in [-0.39, 0.29) is 17.8 Å². The van der Waals surface area contributed by atoms with Crippen molar-refractivity contribution in [3.63, 3.8) is 0 Å². The fourth-order valence-electron chi connectivity index (χ4n) is 1.91. The Morgan fingerprint density at radius 2 is 2.05 bits per heavy atom. The minimum absolute atomic E-state index is 0.0107. The number of rotatable bonds is 8. The summed E-state index contributed by atoms with van der Waals surface area (Å²) in [5.41, 5.74) is 0.882. The molecule has 1 aromatic rings. The van der Waals surface area contributed by atoms with Gasteiger partial charge in [-0.1, -0.05) is 12.1 Å². The Morgan fingerprint density at radius 1 is 1.35 bits per heavy atom. The predicted molar refractivity (Wildman–Crippen MR) is 77.6 cm³/mol. The summed E-state index contributed by atoms with van der Waals surface area (Å²) >= 11 is 0. The maximum absolute atomic E-state index is 12.2. The Balaban J connectivity index is 2.58. The Hall–Kier alpha value is -1.01. The van der Waals surface area contributed by atoms with Crippen molar-refractivity contribution in [2.45, 2.75) is 39.0 Å². The van der Waals surface area contributed by atoms with E-state index >= 15 is 0 Å². The SMILES string of the molecule is CC(CCS(C)=O)NC(C)c1cccc(OC(F)F)c1. The molecule has 0 bridgehead atoms. The molecule has 1 rings (SSSR count). The number of benzene rings is 1. The van der Waals surface area contributed by atoms with Crippen molar-refractivity contribution in [3.05, 3.63) is 29.8 Å². The Bertz CT molecular complexity index is 443. The second-order valence-corrected chi connectivity index (χ2v) is 6.36. The van der Waals surface area contributed by atoms with Gasteiger partial charge in [-0.25, -0.2) is 0 Å². The minimum atomic E-state index is -2.81. The van der Waals surface area contributed by atoms with Crippen LogP contribution in [0.25, 0.3) is 0 Å². The number of hydrogen-bond acceptors (Lipinski definition) is 3. The molecule has 0 aliphatic rings. The van der Waals surface area contributed by atoms with Crippen LogP contribution in [0.2, 0.25) is 0 Å². The third-order valence-electron chi connectivity index (χ3n) is 2.96. The molecule has 3 atom stereocenters. The van der Waals surface area contributed by atoms with Gasteiger partial charge >= 0.3 is 6.61 Å². The summed E-state index contributed by atoms with van der Waals surface area (Å²) in [5, 5.41) is 3.35.